The lowest BCUT2D eigenvalue weighted by molar-refractivity contribution is 0.192. The predicted octanol–water partition coefficient (Wildman–Crippen LogP) is 5.76. The van der Waals surface area contributed by atoms with Crippen LogP contribution in [0.3, 0.4) is 0 Å². The van der Waals surface area contributed by atoms with Gasteiger partial charge in [-0.15, -0.1) is 0 Å². The topological polar surface area (TPSA) is 0 Å². The Kier molecular flexibility index (Phi) is 5.17. The van der Waals surface area contributed by atoms with Crippen LogP contribution in [0.1, 0.15) is 68.2 Å². The van der Waals surface area contributed by atoms with E-state index in [0.717, 1.165) is 6.71 Å². The molecular formula is C15H33B. The molecule has 0 N–H and O–H groups in total. The summed E-state index contributed by atoms with van der Waals surface area (Å²) in [6.45, 7) is 22.4. The zero-order valence-electron chi connectivity index (χ0n) is 13.2. The molecule has 0 heterocycles. The smallest absolute Gasteiger partial charge is 0.0856 e. The van der Waals surface area contributed by atoms with Crippen LogP contribution in [-0.4, -0.2) is 6.71 Å². The summed E-state index contributed by atoms with van der Waals surface area (Å²) in [4.78, 5) is 0. The van der Waals surface area contributed by atoms with Crippen LogP contribution >= 0.6 is 0 Å². The highest BCUT2D eigenvalue weighted by atomic mass is 14.4. The Bertz CT molecular complexity index is 206. The minimum atomic E-state index is 0.384. The van der Waals surface area contributed by atoms with Gasteiger partial charge in [-0.1, -0.05) is 75.0 Å². The van der Waals surface area contributed by atoms with Crippen molar-refractivity contribution in [3.05, 3.63) is 0 Å². The summed E-state index contributed by atoms with van der Waals surface area (Å²) in [5.74, 6) is 0. The molecule has 0 aliphatic rings. The van der Waals surface area contributed by atoms with Gasteiger partial charge in [-0.25, -0.2) is 0 Å². The van der Waals surface area contributed by atoms with Crippen LogP contribution in [0, 0.1) is 10.8 Å². The molecule has 96 valence electrons. The van der Waals surface area contributed by atoms with Crippen molar-refractivity contribution >= 4 is 6.71 Å². The van der Waals surface area contributed by atoms with Crippen molar-refractivity contribution < 1.29 is 0 Å². The van der Waals surface area contributed by atoms with E-state index in [0.29, 0.717) is 16.1 Å². The summed E-state index contributed by atoms with van der Waals surface area (Å²) < 4.78 is 0. The van der Waals surface area contributed by atoms with Crippen LogP contribution in [0.25, 0.3) is 0 Å². The van der Waals surface area contributed by atoms with Crippen LogP contribution < -0.4 is 0 Å². The standard InChI is InChI=1S/C15H33B/c1-10-11-16(9)15(8,14(5,6)7)12-13(2,3)4/h10-12H2,1-9H3. The summed E-state index contributed by atoms with van der Waals surface area (Å²) in [5, 5.41) is 0.432. The number of hydrogen-bond donors (Lipinski definition) is 0. The van der Waals surface area contributed by atoms with E-state index in [2.05, 4.69) is 62.2 Å². The van der Waals surface area contributed by atoms with Crippen LogP contribution in [0.5, 0.6) is 0 Å². The van der Waals surface area contributed by atoms with Gasteiger partial charge in [0.25, 0.3) is 0 Å². The molecule has 0 aromatic carbocycles. The average molecular weight is 224 g/mol. The molecule has 0 aromatic heterocycles. The van der Waals surface area contributed by atoms with Gasteiger partial charge in [0.1, 0.15) is 6.71 Å². The Labute approximate surface area is 105 Å². The van der Waals surface area contributed by atoms with Gasteiger partial charge in [0, 0.05) is 0 Å². The molecule has 0 radical (unpaired) electrons. The molecule has 1 heteroatoms. The van der Waals surface area contributed by atoms with E-state index in [1.54, 1.807) is 0 Å². The molecule has 0 aliphatic carbocycles. The lowest BCUT2D eigenvalue weighted by atomic mass is 9.26. The van der Waals surface area contributed by atoms with Crippen molar-refractivity contribution in [3.63, 3.8) is 0 Å². The van der Waals surface area contributed by atoms with E-state index in [9.17, 15) is 0 Å². The molecule has 0 fully saturated rings. The zero-order chi connectivity index (χ0) is 13.2. The summed E-state index contributed by atoms with van der Waals surface area (Å²) in [5.41, 5.74) is 0.804. The zero-order valence-corrected chi connectivity index (χ0v) is 13.2. The second kappa shape index (κ2) is 5.15. The van der Waals surface area contributed by atoms with E-state index >= 15 is 0 Å². The van der Waals surface area contributed by atoms with Crippen molar-refractivity contribution in [1.82, 2.24) is 0 Å². The highest BCUT2D eigenvalue weighted by molar-refractivity contribution is 6.61. The van der Waals surface area contributed by atoms with Gasteiger partial charge in [0.15, 0.2) is 0 Å². The third-order valence-corrected chi connectivity index (χ3v) is 4.42. The SMILES string of the molecule is CCCB(C)C(C)(CC(C)(C)C)C(C)(C)C. The second-order valence-electron chi connectivity index (χ2n) is 8.09. The van der Waals surface area contributed by atoms with E-state index in [1.807, 2.05) is 0 Å². The summed E-state index contributed by atoms with van der Waals surface area (Å²) in [6.07, 6.45) is 3.96. The lowest BCUT2D eigenvalue weighted by Gasteiger charge is -2.49. The molecule has 0 aromatic rings. The maximum Gasteiger partial charge on any atom is 0.143 e. The van der Waals surface area contributed by atoms with Crippen molar-refractivity contribution in [2.24, 2.45) is 10.8 Å². The van der Waals surface area contributed by atoms with Gasteiger partial charge in [-0.2, -0.15) is 0 Å². The quantitative estimate of drug-likeness (QED) is 0.532. The molecule has 0 saturated carbocycles. The largest absolute Gasteiger partial charge is 0.143 e. The summed E-state index contributed by atoms with van der Waals surface area (Å²) in [6, 6.07) is 0. The summed E-state index contributed by atoms with van der Waals surface area (Å²) in [7, 11) is 0. The lowest BCUT2D eigenvalue weighted by Crippen LogP contribution is -2.41. The van der Waals surface area contributed by atoms with Gasteiger partial charge in [-0.3, -0.25) is 0 Å². The van der Waals surface area contributed by atoms with Crippen molar-refractivity contribution in [2.75, 3.05) is 0 Å². The molecule has 0 spiro atoms. The minimum Gasteiger partial charge on any atom is -0.0856 e. The molecule has 0 nitrogen and oxygen atoms in total. The molecule has 0 rings (SSSR count). The molecule has 0 bridgehead atoms. The van der Waals surface area contributed by atoms with Crippen LogP contribution in [0.4, 0.5) is 0 Å². The molecule has 0 saturated heterocycles. The molecule has 1 unspecified atom stereocenters. The van der Waals surface area contributed by atoms with Gasteiger partial charge in [0.2, 0.25) is 0 Å². The fourth-order valence-corrected chi connectivity index (χ4v) is 3.03. The first-order valence-electron chi connectivity index (χ1n) is 6.94. The van der Waals surface area contributed by atoms with Gasteiger partial charge < -0.3 is 0 Å². The third kappa shape index (κ3) is 4.15. The first-order chi connectivity index (χ1) is 6.94. The first kappa shape index (κ1) is 16.1. The molecule has 1 atom stereocenters. The van der Waals surface area contributed by atoms with E-state index in [4.69, 9.17) is 0 Å². The average Bonchev–Trinajstić information content (AvgIpc) is 1.99. The molecule has 16 heavy (non-hydrogen) atoms. The predicted molar refractivity (Wildman–Crippen MR) is 78.6 cm³/mol. The summed E-state index contributed by atoms with van der Waals surface area (Å²) >= 11 is 0. The maximum atomic E-state index is 2.50. The van der Waals surface area contributed by atoms with Crippen molar-refractivity contribution in [2.45, 2.75) is 86.7 Å². The fourth-order valence-electron chi connectivity index (χ4n) is 3.03. The molecule has 0 aliphatic heterocycles. The Balaban J connectivity index is 5.05. The van der Waals surface area contributed by atoms with Gasteiger partial charge in [0.05, 0.1) is 0 Å². The maximum absolute atomic E-state index is 2.50. The normalized spacial score (nSPS) is 17.1. The van der Waals surface area contributed by atoms with Crippen molar-refractivity contribution in [3.8, 4) is 0 Å². The Morgan fingerprint density at radius 2 is 1.31 bits per heavy atom. The highest BCUT2D eigenvalue weighted by Gasteiger charge is 2.44. The molecule has 0 amide bonds. The highest BCUT2D eigenvalue weighted by Crippen LogP contribution is 2.55. The van der Waals surface area contributed by atoms with Crippen LogP contribution in [0.15, 0.2) is 0 Å². The number of rotatable bonds is 4. The van der Waals surface area contributed by atoms with Crippen LogP contribution in [-0.2, 0) is 0 Å². The monoisotopic (exact) mass is 224 g/mol. The van der Waals surface area contributed by atoms with Crippen LogP contribution in [0.2, 0.25) is 18.5 Å². The Morgan fingerprint density at radius 3 is 1.56 bits per heavy atom. The van der Waals surface area contributed by atoms with E-state index < -0.39 is 0 Å². The Hall–Kier alpha value is 0.0649. The third-order valence-electron chi connectivity index (χ3n) is 4.42. The number of hydrogen-bond acceptors (Lipinski definition) is 0. The second-order valence-corrected chi connectivity index (χ2v) is 8.09. The molecular weight excluding hydrogens is 191 g/mol. The van der Waals surface area contributed by atoms with E-state index in [1.165, 1.54) is 19.2 Å². The van der Waals surface area contributed by atoms with Gasteiger partial charge >= 0.3 is 0 Å². The minimum absolute atomic E-state index is 0.384. The first-order valence-corrected chi connectivity index (χ1v) is 6.94. The van der Waals surface area contributed by atoms with Gasteiger partial charge in [-0.05, 0) is 22.6 Å². The van der Waals surface area contributed by atoms with E-state index in [-0.39, 0.29) is 0 Å². The van der Waals surface area contributed by atoms with Crippen molar-refractivity contribution in [1.29, 1.82) is 0 Å². The fraction of sp³-hybridized carbons (Fsp3) is 1.00. The Morgan fingerprint density at radius 1 is 0.875 bits per heavy atom.